The average molecular weight is 401 g/mol. The van der Waals surface area contributed by atoms with Crippen LogP contribution in [0.5, 0.6) is 5.75 Å². The van der Waals surface area contributed by atoms with Crippen molar-refractivity contribution in [3.63, 3.8) is 0 Å². The van der Waals surface area contributed by atoms with Crippen molar-refractivity contribution in [3.8, 4) is 5.75 Å². The van der Waals surface area contributed by atoms with Crippen molar-refractivity contribution in [2.75, 3.05) is 26.2 Å². The Morgan fingerprint density at radius 3 is 2.25 bits per heavy atom. The van der Waals surface area contributed by atoms with Gasteiger partial charge >= 0.3 is 5.97 Å². The van der Waals surface area contributed by atoms with Crippen molar-refractivity contribution in [1.29, 1.82) is 0 Å². The van der Waals surface area contributed by atoms with Crippen LogP contribution in [-0.2, 0) is 4.79 Å². The van der Waals surface area contributed by atoms with Gasteiger partial charge in [-0.15, -0.1) is 0 Å². The summed E-state index contributed by atoms with van der Waals surface area (Å²) < 4.78 is 5.05. The van der Waals surface area contributed by atoms with E-state index in [1.54, 1.807) is 58.3 Å². The van der Waals surface area contributed by atoms with Gasteiger partial charge in [0, 0.05) is 38.7 Å². The Kier molecular flexibility index (Phi) is 6.31. The molecule has 0 radical (unpaired) electrons. The number of ether oxygens (including phenoxy) is 1. The van der Waals surface area contributed by atoms with Crippen molar-refractivity contribution >= 4 is 29.4 Å². The topological polar surface area (TPSA) is 66.9 Å². The summed E-state index contributed by atoms with van der Waals surface area (Å²) >= 11 is 6.14. The van der Waals surface area contributed by atoms with Crippen LogP contribution < -0.4 is 4.74 Å². The number of amides is 2. The molecule has 2 amide bonds. The molecule has 1 aliphatic heterocycles. The summed E-state index contributed by atoms with van der Waals surface area (Å²) in [6.45, 7) is 3.27. The highest BCUT2D eigenvalue weighted by Crippen LogP contribution is 2.19. The molecule has 0 N–H and O–H groups in total. The average Bonchev–Trinajstić information content (AvgIpc) is 2.93. The molecule has 0 atom stereocenters. The molecular formula is C21H21ClN2O4. The van der Waals surface area contributed by atoms with Gasteiger partial charge in [-0.25, -0.2) is 0 Å². The number of carbonyl (C=O) groups is 3. The highest BCUT2D eigenvalue weighted by Gasteiger charge is 2.24. The van der Waals surface area contributed by atoms with Gasteiger partial charge in [0.25, 0.3) is 11.8 Å². The van der Waals surface area contributed by atoms with Crippen LogP contribution in [0.1, 0.15) is 34.1 Å². The highest BCUT2D eigenvalue weighted by molar-refractivity contribution is 6.33. The minimum absolute atomic E-state index is 0.128. The van der Waals surface area contributed by atoms with Crippen LogP contribution in [-0.4, -0.2) is 53.8 Å². The monoisotopic (exact) mass is 400 g/mol. The minimum Gasteiger partial charge on any atom is -0.427 e. The van der Waals surface area contributed by atoms with Crippen LogP contribution in [0.3, 0.4) is 0 Å². The van der Waals surface area contributed by atoms with Gasteiger partial charge in [-0.05, 0) is 36.8 Å². The second-order valence-corrected chi connectivity index (χ2v) is 6.95. The van der Waals surface area contributed by atoms with E-state index in [-0.39, 0.29) is 11.8 Å². The first kappa shape index (κ1) is 19.9. The number of halogens is 1. The molecule has 28 heavy (non-hydrogen) atoms. The summed E-state index contributed by atoms with van der Waals surface area (Å²) in [5.74, 6) is -0.380. The quantitative estimate of drug-likeness (QED) is 0.586. The molecule has 1 heterocycles. The molecule has 1 fully saturated rings. The van der Waals surface area contributed by atoms with E-state index < -0.39 is 5.97 Å². The fourth-order valence-corrected chi connectivity index (χ4v) is 3.39. The zero-order valence-corrected chi connectivity index (χ0v) is 16.3. The van der Waals surface area contributed by atoms with Crippen LogP contribution in [0.25, 0.3) is 0 Å². The summed E-state index contributed by atoms with van der Waals surface area (Å²) in [5, 5.41) is 0.423. The fraction of sp³-hybridized carbons (Fsp3) is 0.286. The predicted molar refractivity (Wildman–Crippen MR) is 106 cm³/mol. The lowest BCUT2D eigenvalue weighted by atomic mass is 10.2. The number of hydrogen-bond donors (Lipinski definition) is 0. The van der Waals surface area contributed by atoms with Gasteiger partial charge in [-0.3, -0.25) is 14.4 Å². The molecule has 0 aliphatic carbocycles. The van der Waals surface area contributed by atoms with Crippen LogP contribution in [0.2, 0.25) is 5.02 Å². The molecule has 1 aliphatic rings. The largest absolute Gasteiger partial charge is 0.427 e. The molecule has 0 unspecified atom stereocenters. The van der Waals surface area contributed by atoms with Crippen molar-refractivity contribution in [3.05, 3.63) is 64.7 Å². The summed E-state index contributed by atoms with van der Waals surface area (Å²) in [6, 6.07) is 13.5. The molecule has 0 aromatic heterocycles. The lowest BCUT2D eigenvalue weighted by Gasteiger charge is -2.22. The van der Waals surface area contributed by atoms with Crippen LogP contribution >= 0.6 is 11.6 Å². The Bertz CT molecular complexity index is 899. The Morgan fingerprint density at radius 2 is 1.57 bits per heavy atom. The van der Waals surface area contributed by atoms with E-state index in [2.05, 4.69) is 0 Å². The molecule has 2 aromatic carbocycles. The molecule has 2 aromatic rings. The number of esters is 1. The third-order valence-electron chi connectivity index (χ3n) is 4.52. The minimum atomic E-state index is -0.437. The van der Waals surface area contributed by atoms with E-state index >= 15 is 0 Å². The Hall–Kier alpha value is -2.86. The van der Waals surface area contributed by atoms with Gasteiger partial charge in [-0.1, -0.05) is 29.8 Å². The smallest absolute Gasteiger partial charge is 0.308 e. The summed E-state index contributed by atoms with van der Waals surface area (Å²) in [7, 11) is 0. The maximum Gasteiger partial charge on any atom is 0.308 e. The second-order valence-electron chi connectivity index (χ2n) is 6.54. The number of hydrogen-bond acceptors (Lipinski definition) is 4. The first-order valence-corrected chi connectivity index (χ1v) is 9.45. The molecular weight excluding hydrogens is 380 g/mol. The molecule has 146 valence electrons. The summed E-state index contributed by atoms with van der Waals surface area (Å²) in [6.07, 6.45) is 0.672. The van der Waals surface area contributed by atoms with Crippen molar-refractivity contribution in [2.24, 2.45) is 0 Å². The van der Waals surface area contributed by atoms with Crippen LogP contribution in [0.15, 0.2) is 48.5 Å². The van der Waals surface area contributed by atoms with E-state index in [1.165, 1.54) is 6.92 Å². The first-order chi connectivity index (χ1) is 13.5. The van der Waals surface area contributed by atoms with Crippen molar-refractivity contribution < 1.29 is 19.1 Å². The van der Waals surface area contributed by atoms with Crippen LogP contribution in [0, 0.1) is 0 Å². The van der Waals surface area contributed by atoms with E-state index in [4.69, 9.17) is 16.3 Å². The Balaban J connectivity index is 1.68. The number of rotatable bonds is 3. The summed E-state index contributed by atoms with van der Waals surface area (Å²) in [4.78, 5) is 40.2. The van der Waals surface area contributed by atoms with E-state index in [0.717, 1.165) is 0 Å². The SMILES string of the molecule is CC(=O)Oc1cccc(C(=O)N2CCCN(C(=O)c3ccccc3Cl)CC2)c1. The lowest BCUT2D eigenvalue weighted by Crippen LogP contribution is -2.37. The Labute approximate surface area is 168 Å². The second kappa shape index (κ2) is 8.89. The van der Waals surface area contributed by atoms with Crippen molar-refractivity contribution in [2.45, 2.75) is 13.3 Å². The zero-order valence-electron chi connectivity index (χ0n) is 15.6. The molecule has 3 rings (SSSR count). The highest BCUT2D eigenvalue weighted by atomic mass is 35.5. The van der Waals surface area contributed by atoms with Gasteiger partial charge in [-0.2, -0.15) is 0 Å². The molecule has 1 saturated heterocycles. The van der Waals surface area contributed by atoms with Gasteiger partial charge < -0.3 is 14.5 Å². The van der Waals surface area contributed by atoms with E-state index in [0.29, 0.717) is 54.5 Å². The van der Waals surface area contributed by atoms with E-state index in [1.807, 2.05) is 0 Å². The molecule has 0 bridgehead atoms. The fourth-order valence-electron chi connectivity index (χ4n) is 3.17. The summed E-state index contributed by atoms with van der Waals surface area (Å²) in [5.41, 5.74) is 0.919. The van der Waals surface area contributed by atoms with E-state index in [9.17, 15) is 14.4 Å². The van der Waals surface area contributed by atoms with Gasteiger partial charge in [0.15, 0.2) is 0 Å². The maximum atomic E-state index is 12.9. The number of nitrogens with zero attached hydrogens (tertiary/aromatic N) is 2. The zero-order chi connectivity index (χ0) is 20.1. The predicted octanol–water partition coefficient (Wildman–Crippen LogP) is 3.25. The standard InChI is InChI=1S/C21H21ClN2O4/c1-15(25)28-17-7-4-6-16(14-17)20(26)23-10-5-11-24(13-12-23)21(27)18-8-2-3-9-19(18)22/h2-4,6-9,14H,5,10-13H2,1H3. The van der Waals surface area contributed by atoms with Crippen LogP contribution in [0.4, 0.5) is 0 Å². The van der Waals surface area contributed by atoms with Gasteiger partial charge in [0.2, 0.25) is 0 Å². The third kappa shape index (κ3) is 4.70. The third-order valence-corrected chi connectivity index (χ3v) is 4.85. The molecule has 0 saturated carbocycles. The van der Waals surface area contributed by atoms with Gasteiger partial charge in [0.05, 0.1) is 10.6 Å². The molecule has 0 spiro atoms. The molecule has 7 heteroatoms. The number of carbonyl (C=O) groups excluding carboxylic acids is 3. The molecule has 6 nitrogen and oxygen atoms in total. The van der Waals surface area contributed by atoms with Crippen molar-refractivity contribution in [1.82, 2.24) is 9.80 Å². The first-order valence-electron chi connectivity index (χ1n) is 9.07. The number of benzene rings is 2. The Morgan fingerprint density at radius 1 is 0.893 bits per heavy atom. The van der Waals surface area contributed by atoms with Gasteiger partial charge in [0.1, 0.15) is 5.75 Å². The normalized spacial score (nSPS) is 14.4. The maximum absolute atomic E-state index is 12.9. The lowest BCUT2D eigenvalue weighted by molar-refractivity contribution is -0.131.